The molecule has 6 heteroatoms. The summed E-state index contributed by atoms with van der Waals surface area (Å²) < 4.78 is 13.9. The molecule has 0 atom stereocenters. The molecule has 158 valence electrons. The van der Waals surface area contributed by atoms with E-state index in [4.69, 9.17) is 9.47 Å². The van der Waals surface area contributed by atoms with Crippen molar-refractivity contribution in [1.29, 1.82) is 0 Å². The molecular weight excluding hydrogens is 400 g/mol. The second kappa shape index (κ2) is 8.89. The third-order valence-electron chi connectivity index (χ3n) is 5.10. The molecule has 0 fully saturated rings. The first-order valence-corrected chi connectivity index (χ1v) is 10.4. The molecule has 0 amide bonds. The highest BCUT2D eigenvalue weighted by molar-refractivity contribution is 5.71. The number of hydrogen-bond acceptors (Lipinski definition) is 5. The molecule has 0 aliphatic rings. The number of fused-ring (bicyclic) bond motifs is 1. The molecule has 5 rings (SSSR count). The fourth-order valence-corrected chi connectivity index (χ4v) is 3.49. The maximum atomic E-state index is 5.95. The first-order valence-electron chi connectivity index (χ1n) is 10.4. The van der Waals surface area contributed by atoms with Crippen molar-refractivity contribution >= 4 is 11.2 Å². The number of nitrogens with zero attached hydrogens (tertiary/aromatic N) is 4. The zero-order valence-corrected chi connectivity index (χ0v) is 17.7. The van der Waals surface area contributed by atoms with Crippen LogP contribution in [0.1, 0.15) is 17.0 Å². The Morgan fingerprint density at radius 1 is 0.781 bits per heavy atom. The number of rotatable bonds is 7. The highest BCUT2D eigenvalue weighted by Crippen LogP contribution is 2.25. The van der Waals surface area contributed by atoms with Crippen molar-refractivity contribution in [3.63, 3.8) is 0 Å². The Morgan fingerprint density at radius 3 is 2.28 bits per heavy atom. The van der Waals surface area contributed by atoms with Gasteiger partial charge in [0.15, 0.2) is 5.65 Å². The molecule has 0 N–H and O–H groups in total. The zero-order valence-electron chi connectivity index (χ0n) is 17.7. The van der Waals surface area contributed by atoms with Crippen LogP contribution in [0.4, 0.5) is 0 Å². The molecule has 0 saturated carbocycles. The highest BCUT2D eigenvalue weighted by Gasteiger charge is 2.12. The monoisotopic (exact) mass is 422 g/mol. The Labute approximate surface area is 186 Å². The van der Waals surface area contributed by atoms with Gasteiger partial charge in [0.25, 0.3) is 0 Å². The average Bonchev–Trinajstić information content (AvgIpc) is 3.14. The average molecular weight is 422 g/mol. The van der Waals surface area contributed by atoms with Crippen molar-refractivity contribution in [2.45, 2.75) is 20.1 Å². The van der Waals surface area contributed by atoms with E-state index >= 15 is 0 Å². The maximum Gasteiger partial charge on any atom is 0.324 e. The molecule has 32 heavy (non-hydrogen) atoms. The third-order valence-corrected chi connectivity index (χ3v) is 5.10. The summed E-state index contributed by atoms with van der Waals surface area (Å²) in [6.45, 7) is 3.14. The number of benzene rings is 3. The summed E-state index contributed by atoms with van der Waals surface area (Å²) in [5.74, 6) is 2.21. The molecule has 0 unspecified atom stereocenters. The summed E-state index contributed by atoms with van der Waals surface area (Å²) in [4.78, 5) is 13.6. The zero-order chi connectivity index (χ0) is 21.8. The van der Waals surface area contributed by atoms with Crippen LogP contribution >= 0.6 is 0 Å². The van der Waals surface area contributed by atoms with E-state index in [0.717, 1.165) is 28.3 Å². The van der Waals surface area contributed by atoms with Crippen molar-refractivity contribution in [2.24, 2.45) is 0 Å². The van der Waals surface area contributed by atoms with E-state index in [1.54, 1.807) is 6.20 Å². The number of hydrogen-bond donors (Lipinski definition) is 0. The minimum absolute atomic E-state index is 0.270. The molecule has 0 saturated heterocycles. The Hall–Kier alpha value is -4.19. The van der Waals surface area contributed by atoms with Gasteiger partial charge in [0.2, 0.25) is 0 Å². The number of imidazole rings is 1. The first kappa shape index (κ1) is 19.8. The number of aromatic nitrogens is 4. The van der Waals surface area contributed by atoms with Crippen LogP contribution in [-0.4, -0.2) is 19.5 Å². The minimum Gasteiger partial charge on any atom is -0.489 e. The van der Waals surface area contributed by atoms with Gasteiger partial charge >= 0.3 is 6.01 Å². The van der Waals surface area contributed by atoms with Crippen molar-refractivity contribution in [3.8, 4) is 17.5 Å². The van der Waals surface area contributed by atoms with E-state index in [1.807, 2.05) is 79.7 Å². The lowest BCUT2D eigenvalue weighted by Crippen LogP contribution is -2.03. The Balaban J connectivity index is 1.35. The molecule has 2 aromatic heterocycles. The molecule has 0 bridgehead atoms. The fraction of sp³-hybridized carbons (Fsp3) is 0.115. The molecule has 6 nitrogen and oxygen atoms in total. The summed E-state index contributed by atoms with van der Waals surface area (Å²) in [7, 11) is 0. The molecule has 0 aliphatic carbocycles. The van der Waals surface area contributed by atoms with Crippen LogP contribution in [0.2, 0.25) is 0 Å². The van der Waals surface area contributed by atoms with Crippen LogP contribution in [0.3, 0.4) is 0 Å². The van der Waals surface area contributed by atoms with E-state index in [9.17, 15) is 0 Å². The fourth-order valence-electron chi connectivity index (χ4n) is 3.49. The summed E-state index contributed by atoms with van der Waals surface area (Å²) in [6.07, 6.45) is 1.70. The Morgan fingerprint density at radius 2 is 1.50 bits per heavy atom. The summed E-state index contributed by atoms with van der Waals surface area (Å²) >= 11 is 0. The van der Waals surface area contributed by atoms with Gasteiger partial charge in [-0.3, -0.25) is 0 Å². The smallest absolute Gasteiger partial charge is 0.324 e. The summed E-state index contributed by atoms with van der Waals surface area (Å²) in [5.41, 5.74) is 3.77. The number of ether oxygens (including phenoxy) is 2. The lowest BCUT2D eigenvalue weighted by atomic mass is 10.2. The van der Waals surface area contributed by atoms with Crippen LogP contribution in [0.25, 0.3) is 11.2 Å². The van der Waals surface area contributed by atoms with E-state index in [0.29, 0.717) is 18.9 Å². The van der Waals surface area contributed by atoms with E-state index in [2.05, 4.69) is 31.7 Å². The molecular formula is C26H22N4O2. The largest absolute Gasteiger partial charge is 0.489 e. The maximum absolute atomic E-state index is 5.95. The highest BCUT2D eigenvalue weighted by atomic mass is 16.5. The Kier molecular flexibility index (Phi) is 5.49. The van der Waals surface area contributed by atoms with E-state index < -0.39 is 0 Å². The van der Waals surface area contributed by atoms with Crippen LogP contribution in [0, 0.1) is 6.92 Å². The first-order chi connectivity index (χ1) is 15.7. The Bertz CT molecular complexity index is 1330. The van der Waals surface area contributed by atoms with Crippen LogP contribution in [0.15, 0.2) is 91.1 Å². The lowest BCUT2D eigenvalue weighted by Gasteiger charge is -2.09. The quantitative estimate of drug-likeness (QED) is 0.344. The van der Waals surface area contributed by atoms with Gasteiger partial charge in [-0.2, -0.15) is 4.98 Å². The number of aryl methyl sites for hydroxylation is 1. The SMILES string of the molecule is Cc1nc2cnc(Oc3cccc(OCc4ccccc4)c3)nc2n1Cc1ccccc1. The molecule has 0 radical (unpaired) electrons. The van der Waals surface area contributed by atoms with Gasteiger partial charge in [-0.05, 0) is 30.2 Å². The van der Waals surface area contributed by atoms with Crippen molar-refractivity contribution < 1.29 is 9.47 Å². The normalized spacial score (nSPS) is 10.9. The second-order valence-electron chi connectivity index (χ2n) is 7.44. The van der Waals surface area contributed by atoms with Gasteiger partial charge in [-0.15, -0.1) is 0 Å². The van der Waals surface area contributed by atoms with Crippen molar-refractivity contribution in [3.05, 3.63) is 108 Å². The minimum atomic E-state index is 0.270. The lowest BCUT2D eigenvalue weighted by molar-refractivity contribution is 0.304. The molecule has 5 aromatic rings. The van der Waals surface area contributed by atoms with Crippen LogP contribution < -0.4 is 9.47 Å². The van der Waals surface area contributed by atoms with Crippen LogP contribution in [0.5, 0.6) is 17.5 Å². The predicted molar refractivity (Wildman–Crippen MR) is 123 cm³/mol. The van der Waals surface area contributed by atoms with Gasteiger partial charge in [0.1, 0.15) is 29.4 Å². The second-order valence-corrected chi connectivity index (χ2v) is 7.44. The molecule has 0 spiro atoms. The van der Waals surface area contributed by atoms with E-state index in [-0.39, 0.29) is 6.01 Å². The van der Waals surface area contributed by atoms with Crippen LogP contribution in [-0.2, 0) is 13.2 Å². The van der Waals surface area contributed by atoms with Gasteiger partial charge in [-0.25, -0.2) is 9.97 Å². The van der Waals surface area contributed by atoms with Gasteiger partial charge in [-0.1, -0.05) is 66.7 Å². The third kappa shape index (κ3) is 4.44. The molecule has 2 heterocycles. The summed E-state index contributed by atoms with van der Waals surface area (Å²) in [5, 5.41) is 0. The predicted octanol–water partition coefficient (Wildman–Crippen LogP) is 5.55. The summed E-state index contributed by atoms with van der Waals surface area (Å²) in [6, 6.07) is 28.0. The molecule has 3 aromatic carbocycles. The van der Waals surface area contributed by atoms with E-state index in [1.165, 1.54) is 5.56 Å². The topological polar surface area (TPSA) is 62.1 Å². The standard InChI is InChI=1S/C26H22N4O2/c1-19-28-24-16-27-26(29-25(24)30(19)17-20-9-4-2-5-10-20)32-23-14-8-13-22(15-23)31-18-21-11-6-3-7-12-21/h2-16H,17-18H2,1H3. The van der Waals surface area contributed by atoms with Crippen molar-refractivity contribution in [2.75, 3.05) is 0 Å². The van der Waals surface area contributed by atoms with Crippen molar-refractivity contribution in [1.82, 2.24) is 19.5 Å². The molecule has 0 aliphatic heterocycles. The van der Waals surface area contributed by atoms with Gasteiger partial charge < -0.3 is 14.0 Å². The van der Waals surface area contributed by atoms with Gasteiger partial charge in [0, 0.05) is 6.07 Å². The van der Waals surface area contributed by atoms with Gasteiger partial charge in [0.05, 0.1) is 12.7 Å².